The van der Waals surface area contributed by atoms with E-state index in [2.05, 4.69) is 6.92 Å². The summed E-state index contributed by atoms with van der Waals surface area (Å²) < 4.78 is 0. The molecular weight excluding hydrogens is 248 g/mol. The van der Waals surface area contributed by atoms with Crippen molar-refractivity contribution in [3.8, 4) is 0 Å². The molecule has 0 N–H and O–H groups in total. The molecule has 0 unspecified atom stereocenters. The molecule has 4 fully saturated rings. The summed E-state index contributed by atoms with van der Waals surface area (Å²) in [7, 11) is 0. The van der Waals surface area contributed by atoms with Crippen LogP contribution in [0.1, 0.15) is 64.7 Å². The Morgan fingerprint density at radius 3 is 2.65 bits per heavy atom. The lowest BCUT2D eigenvalue weighted by molar-refractivity contribution is -0.132. The van der Waals surface area contributed by atoms with E-state index < -0.39 is 0 Å². The second-order valence-electron chi connectivity index (χ2n) is 8.22. The molecule has 110 valence electrons. The van der Waals surface area contributed by atoms with E-state index in [1.807, 2.05) is 0 Å². The van der Waals surface area contributed by atoms with Crippen molar-refractivity contribution in [2.45, 2.75) is 64.7 Å². The van der Waals surface area contributed by atoms with Crippen molar-refractivity contribution in [1.29, 1.82) is 0 Å². The summed E-state index contributed by atoms with van der Waals surface area (Å²) in [5.41, 5.74) is 0.0124. The van der Waals surface area contributed by atoms with Gasteiger partial charge in [0.15, 0.2) is 0 Å². The molecule has 0 spiro atoms. The van der Waals surface area contributed by atoms with Gasteiger partial charge in [0.25, 0.3) is 0 Å². The fourth-order valence-electron chi connectivity index (χ4n) is 6.25. The minimum atomic E-state index is 0.0124. The van der Waals surface area contributed by atoms with E-state index >= 15 is 0 Å². The number of carbonyl (C=O) groups is 2. The maximum atomic E-state index is 12.3. The highest BCUT2D eigenvalue weighted by atomic mass is 16.1. The predicted octanol–water partition coefficient (Wildman–Crippen LogP) is 3.78. The Hall–Kier alpha value is -0.660. The van der Waals surface area contributed by atoms with Crippen molar-refractivity contribution in [3.63, 3.8) is 0 Å². The highest BCUT2D eigenvalue weighted by molar-refractivity contribution is 5.87. The lowest BCUT2D eigenvalue weighted by Crippen LogP contribution is -2.47. The van der Waals surface area contributed by atoms with Gasteiger partial charge >= 0.3 is 0 Å². The van der Waals surface area contributed by atoms with Gasteiger partial charge in [-0.3, -0.25) is 9.59 Å². The van der Waals surface area contributed by atoms with Crippen LogP contribution in [0.5, 0.6) is 0 Å². The first-order valence-electron chi connectivity index (χ1n) is 8.63. The van der Waals surface area contributed by atoms with Crippen molar-refractivity contribution in [3.05, 3.63) is 0 Å². The molecule has 2 heteroatoms. The largest absolute Gasteiger partial charge is 0.300 e. The van der Waals surface area contributed by atoms with Gasteiger partial charge in [-0.1, -0.05) is 6.92 Å². The molecule has 4 aliphatic carbocycles. The Kier molecular flexibility index (Phi) is 2.88. The number of fused-ring (bicyclic) bond motifs is 4. The van der Waals surface area contributed by atoms with E-state index in [1.165, 1.54) is 19.3 Å². The second kappa shape index (κ2) is 4.42. The molecule has 0 aromatic carbocycles. The van der Waals surface area contributed by atoms with Crippen LogP contribution in [-0.4, -0.2) is 11.6 Å². The van der Waals surface area contributed by atoms with Crippen molar-refractivity contribution in [1.82, 2.24) is 0 Å². The van der Waals surface area contributed by atoms with Crippen LogP contribution in [0.3, 0.4) is 0 Å². The molecular formula is C18H26O2. The highest BCUT2D eigenvalue weighted by Crippen LogP contribution is 2.60. The molecule has 0 aliphatic heterocycles. The van der Waals surface area contributed by atoms with Crippen molar-refractivity contribution in [2.24, 2.45) is 35.0 Å². The maximum Gasteiger partial charge on any atom is 0.139 e. The van der Waals surface area contributed by atoms with Gasteiger partial charge in [0.2, 0.25) is 0 Å². The molecule has 4 saturated carbocycles. The van der Waals surface area contributed by atoms with Crippen LogP contribution in [0.15, 0.2) is 0 Å². The minimum absolute atomic E-state index is 0.0124. The summed E-state index contributed by atoms with van der Waals surface area (Å²) in [5.74, 6) is 4.77. The number of hydrogen-bond donors (Lipinski definition) is 0. The molecule has 4 rings (SSSR count). The van der Waals surface area contributed by atoms with E-state index in [0.29, 0.717) is 23.4 Å². The molecule has 0 radical (unpaired) electrons. The fraction of sp³-hybridized carbons (Fsp3) is 0.889. The molecule has 0 amide bonds. The first-order valence-corrected chi connectivity index (χ1v) is 8.63. The van der Waals surface area contributed by atoms with Crippen LogP contribution >= 0.6 is 0 Å². The Bertz CT molecular complexity index is 454. The van der Waals surface area contributed by atoms with Crippen LogP contribution in [-0.2, 0) is 9.59 Å². The average Bonchev–Trinajstić information content (AvgIpc) is 2.73. The van der Waals surface area contributed by atoms with Crippen LogP contribution in [0.25, 0.3) is 0 Å². The third-order valence-electron chi connectivity index (χ3n) is 7.43. The Labute approximate surface area is 121 Å². The van der Waals surface area contributed by atoms with Gasteiger partial charge in [-0.25, -0.2) is 0 Å². The molecule has 20 heavy (non-hydrogen) atoms. The smallest absolute Gasteiger partial charge is 0.139 e. The van der Waals surface area contributed by atoms with Gasteiger partial charge in [0.1, 0.15) is 11.6 Å². The summed E-state index contributed by atoms with van der Waals surface area (Å²) >= 11 is 0. The van der Waals surface area contributed by atoms with E-state index in [4.69, 9.17) is 0 Å². The lowest BCUT2D eigenvalue weighted by Gasteiger charge is -2.52. The molecule has 2 nitrogen and oxygen atoms in total. The standard InChI is InChI=1S/C18H26O2/c1-18-7-6-12-8-13-9-14(19)3-2-11(13)10-15(12)16(18)4-5-17(18)20/h11-13,15-16H,2-10H2,1H3/t11-,12+,13+,15+,16-,18-/m0/s1. The number of ketones is 2. The Morgan fingerprint density at radius 2 is 1.80 bits per heavy atom. The van der Waals surface area contributed by atoms with Gasteiger partial charge in [-0.05, 0) is 68.1 Å². The Balaban J connectivity index is 1.57. The first-order chi connectivity index (χ1) is 9.58. The third kappa shape index (κ3) is 1.76. The van der Waals surface area contributed by atoms with E-state index in [9.17, 15) is 9.59 Å². The fourth-order valence-corrected chi connectivity index (χ4v) is 6.25. The maximum absolute atomic E-state index is 12.3. The van der Waals surface area contributed by atoms with Crippen molar-refractivity contribution < 1.29 is 9.59 Å². The highest BCUT2D eigenvalue weighted by Gasteiger charge is 2.55. The molecule has 6 atom stereocenters. The van der Waals surface area contributed by atoms with Crippen LogP contribution < -0.4 is 0 Å². The number of hydrogen-bond acceptors (Lipinski definition) is 2. The SMILES string of the molecule is C[C@]12CC[C@@H]3C[C@@H]4CC(=O)CC[C@H]4C[C@H]3[C@@H]1CCC2=O. The van der Waals surface area contributed by atoms with Gasteiger partial charge in [-0.15, -0.1) is 0 Å². The van der Waals surface area contributed by atoms with E-state index in [0.717, 1.165) is 56.3 Å². The molecule has 0 heterocycles. The number of carbonyl (C=O) groups excluding carboxylic acids is 2. The zero-order valence-electron chi connectivity index (χ0n) is 12.6. The topological polar surface area (TPSA) is 34.1 Å². The minimum Gasteiger partial charge on any atom is -0.300 e. The lowest BCUT2D eigenvalue weighted by atomic mass is 9.52. The predicted molar refractivity (Wildman–Crippen MR) is 77.1 cm³/mol. The van der Waals surface area contributed by atoms with Gasteiger partial charge in [-0.2, -0.15) is 0 Å². The summed E-state index contributed by atoms with van der Waals surface area (Å²) in [6.45, 7) is 2.25. The first kappa shape index (κ1) is 13.0. The number of Topliss-reactive ketones (excluding diaryl/α,β-unsaturated/α-hetero) is 2. The quantitative estimate of drug-likeness (QED) is 0.673. The van der Waals surface area contributed by atoms with Gasteiger partial charge in [0, 0.05) is 24.7 Å². The summed E-state index contributed by atoms with van der Waals surface area (Å²) in [6, 6.07) is 0. The monoisotopic (exact) mass is 274 g/mol. The molecule has 0 aromatic rings. The van der Waals surface area contributed by atoms with Crippen LogP contribution in [0.2, 0.25) is 0 Å². The normalized spacial score (nSPS) is 51.4. The second-order valence-corrected chi connectivity index (χ2v) is 8.22. The third-order valence-corrected chi connectivity index (χ3v) is 7.43. The number of rotatable bonds is 0. The zero-order valence-corrected chi connectivity index (χ0v) is 12.6. The van der Waals surface area contributed by atoms with Crippen LogP contribution in [0, 0.1) is 35.0 Å². The molecule has 0 aromatic heterocycles. The van der Waals surface area contributed by atoms with E-state index in [-0.39, 0.29) is 5.41 Å². The summed E-state index contributed by atoms with van der Waals surface area (Å²) in [6.07, 6.45) is 9.73. The molecule has 0 saturated heterocycles. The summed E-state index contributed by atoms with van der Waals surface area (Å²) in [4.78, 5) is 24.0. The van der Waals surface area contributed by atoms with Gasteiger partial charge < -0.3 is 0 Å². The van der Waals surface area contributed by atoms with Crippen LogP contribution in [0.4, 0.5) is 0 Å². The van der Waals surface area contributed by atoms with E-state index in [1.54, 1.807) is 0 Å². The average molecular weight is 274 g/mol. The Morgan fingerprint density at radius 1 is 0.950 bits per heavy atom. The van der Waals surface area contributed by atoms with Crippen molar-refractivity contribution in [2.75, 3.05) is 0 Å². The molecule has 4 aliphatic rings. The summed E-state index contributed by atoms with van der Waals surface area (Å²) in [5, 5.41) is 0. The van der Waals surface area contributed by atoms with Crippen molar-refractivity contribution >= 4 is 11.6 Å². The zero-order chi connectivity index (χ0) is 13.9. The van der Waals surface area contributed by atoms with Gasteiger partial charge in [0.05, 0.1) is 0 Å². The molecule has 0 bridgehead atoms.